The van der Waals surface area contributed by atoms with Crippen molar-refractivity contribution >= 4 is 37.8 Å². The summed E-state index contributed by atoms with van der Waals surface area (Å²) in [4.78, 5) is 8.71. The first-order valence-electron chi connectivity index (χ1n) is 11.0. The molecule has 2 atom stereocenters. The molecule has 3 aromatic rings. The molecule has 2 saturated heterocycles. The fourth-order valence-electron chi connectivity index (χ4n) is 4.11. The quantitative estimate of drug-likeness (QED) is 0.541. The van der Waals surface area contributed by atoms with Crippen LogP contribution in [0.2, 0.25) is 0 Å². The molecule has 2 aliphatic rings. The lowest BCUT2D eigenvalue weighted by Gasteiger charge is -2.19. The second kappa shape index (κ2) is 9.32. The molecule has 5 rings (SSSR count). The number of hydrogen-bond donors (Lipinski definition) is 2. The molecule has 3 heterocycles. The minimum atomic E-state index is -2.26. The van der Waals surface area contributed by atoms with Crippen molar-refractivity contribution in [3.05, 3.63) is 42.5 Å². The van der Waals surface area contributed by atoms with E-state index in [-0.39, 0.29) is 19.0 Å². The van der Waals surface area contributed by atoms with Crippen LogP contribution < -0.4 is 14.8 Å². The van der Waals surface area contributed by atoms with Crippen LogP contribution in [0.3, 0.4) is 0 Å². The van der Waals surface area contributed by atoms with E-state index in [9.17, 15) is 13.7 Å². The average molecular weight is 489 g/mol. The Kier molecular flexibility index (Phi) is 6.24. The van der Waals surface area contributed by atoms with Crippen molar-refractivity contribution in [1.82, 2.24) is 9.97 Å². The van der Waals surface area contributed by atoms with Crippen molar-refractivity contribution in [3.8, 4) is 11.5 Å². The zero-order chi connectivity index (χ0) is 23.7. The maximum absolute atomic E-state index is 14.0. The molecule has 0 amide bonds. The Balaban J connectivity index is 1.53. The molecule has 9 nitrogen and oxygen atoms in total. The van der Waals surface area contributed by atoms with Gasteiger partial charge in [-0.15, -0.1) is 0 Å². The summed E-state index contributed by atoms with van der Waals surface area (Å²) in [6.45, 7) is 0.368. The monoisotopic (exact) mass is 488 g/mol. The van der Waals surface area contributed by atoms with Crippen LogP contribution in [0.25, 0.3) is 10.9 Å². The van der Waals surface area contributed by atoms with Crippen LogP contribution in [-0.4, -0.2) is 63.3 Å². The number of halogens is 1. The first kappa shape index (κ1) is 22.8. The highest BCUT2D eigenvalue weighted by Crippen LogP contribution is 2.38. The summed E-state index contributed by atoms with van der Waals surface area (Å²) in [6, 6.07) is 7.54. The van der Waals surface area contributed by atoms with Crippen LogP contribution in [0.5, 0.6) is 11.5 Å². The SMILES string of the molecule is COc1cc(N=S2(=O)CCCC2)cc2ncnc(Nc3ccc(F)cc3OC3COCC3O)c12. The molecule has 34 heavy (non-hydrogen) atoms. The zero-order valence-electron chi connectivity index (χ0n) is 18.6. The van der Waals surface area contributed by atoms with Gasteiger partial charge in [0.05, 0.1) is 52.3 Å². The highest BCUT2D eigenvalue weighted by molar-refractivity contribution is 7.93. The number of aliphatic hydroxyl groups excluding tert-OH is 1. The average Bonchev–Trinajstić information content (AvgIpc) is 3.43. The third-order valence-corrected chi connectivity index (χ3v) is 8.23. The number of ether oxygens (including phenoxy) is 3. The molecule has 2 fully saturated rings. The molecule has 2 unspecified atom stereocenters. The van der Waals surface area contributed by atoms with E-state index < -0.39 is 27.8 Å². The van der Waals surface area contributed by atoms with Gasteiger partial charge in [0.2, 0.25) is 0 Å². The third kappa shape index (κ3) is 4.63. The largest absolute Gasteiger partial charge is 0.496 e. The van der Waals surface area contributed by atoms with Crippen LogP contribution in [-0.2, 0) is 14.5 Å². The smallest absolute Gasteiger partial charge is 0.150 e. The van der Waals surface area contributed by atoms with Gasteiger partial charge in [0.15, 0.2) is 6.10 Å². The van der Waals surface area contributed by atoms with Gasteiger partial charge in [0.1, 0.15) is 35.6 Å². The number of nitrogens with zero attached hydrogens (tertiary/aromatic N) is 3. The molecular formula is C23H25FN4O5S. The zero-order valence-corrected chi connectivity index (χ0v) is 19.4. The van der Waals surface area contributed by atoms with Gasteiger partial charge >= 0.3 is 0 Å². The number of hydrogen-bond acceptors (Lipinski definition) is 9. The van der Waals surface area contributed by atoms with Crippen molar-refractivity contribution < 1.29 is 27.9 Å². The topological polar surface area (TPSA) is 115 Å². The Bertz CT molecular complexity index is 1330. The molecule has 2 aliphatic heterocycles. The summed E-state index contributed by atoms with van der Waals surface area (Å²) in [5.74, 6) is 1.80. The molecule has 180 valence electrons. The van der Waals surface area contributed by atoms with Crippen LogP contribution in [0.1, 0.15) is 12.8 Å². The highest BCUT2D eigenvalue weighted by atomic mass is 32.2. The maximum Gasteiger partial charge on any atom is 0.150 e. The summed E-state index contributed by atoms with van der Waals surface area (Å²) >= 11 is 0. The van der Waals surface area contributed by atoms with Crippen LogP contribution in [0, 0.1) is 5.82 Å². The molecule has 0 bridgehead atoms. The third-order valence-electron chi connectivity index (χ3n) is 5.83. The van der Waals surface area contributed by atoms with E-state index in [1.165, 1.54) is 31.6 Å². The molecule has 2 aromatic carbocycles. The first-order chi connectivity index (χ1) is 16.4. The molecular weight excluding hydrogens is 463 g/mol. The lowest BCUT2D eigenvalue weighted by atomic mass is 10.2. The van der Waals surface area contributed by atoms with Gasteiger partial charge in [-0.1, -0.05) is 0 Å². The Morgan fingerprint density at radius 3 is 2.74 bits per heavy atom. The number of methoxy groups -OCH3 is 1. The number of fused-ring (bicyclic) bond motifs is 1. The summed E-state index contributed by atoms with van der Waals surface area (Å²) in [6.07, 6.45) is 1.80. The second-order valence-electron chi connectivity index (χ2n) is 8.27. The number of benzene rings is 2. The molecule has 0 aliphatic carbocycles. The van der Waals surface area contributed by atoms with Crippen molar-refractivity contribution in [2.45, 2.75) is 25.0 Å². The number of aliphatic hydroxyl groups is 1. The van der Waals surface area contributed by atoms with Crippen molar-refractivity contribution in [2.75, 3.05) is 37.1 Å². The van der Waals surface area contributed by atoms with Crippen molar-refractivity contribution in [3.63, 3.8) is 0 Å². The molecule has 0 saturated carbocycles. The van der Waals surface area contributed by atoms with Crippen molar-refractivity contribution in [2.24, 2.45) is 4.36 Å². The first-order valence-corrected chi connectivity index (χ1v) is 12.8. The Labute approximate surface area is 196 Å². The number of aromatic nitrogens is 2. The predicted octanol–water partition coefficient (Wildman–Crippen LogP) is 3.55. The van der Waals surface area contributed by atoms with E-state index in [1.54, 1.807) is 12.1 Å². The Morgan fingerprint density at radius 2 is 2.00 bits per heavy atom. The summed E-state index contributed by atoms with van der Waals surface area (Å²) in [5, 5.41) is 13.8. The van der Waals surface area contributed by atoms with E-state index in [4.69, 9.17) is 14.2 Å². The molecule has 0 spiro atoms. The van der Waals surface area contributed by atoms with E-state index >= 15 is 0 Å². The lowest BCUT2D eigenvalue weighted by Crippen LogP contribution is -2.30. The fourth-order valence-corrected chi connectivity index (χ4v) is 6.30. The van der Waals surface area contributed by atoms with E-state index in [1.807, 2.05) is 0 Å². The van der Waals surface area contributed by atoms with Gasteiger partial charge in [0, 0.05) is 23.6 Å². The van der Waals surface area contributed by atoms with Gasteiger partial charge in [0.25, 0.3) is 0 Å². The summed E-state index contributed by atoms with van der Waals surface area (Å²) < 4.78 is 48.1. The summed E-state index contributed by atoms with van der Waals surface area (Å²) in [7, 11) is -0.731. The van der Waals surface area contributed by atoms with Gasteiger partial charge < -0.3 is 24.6 Å². The van der Waals surface area contributed by atoms with Crippen molar-refractivity contribution in [1.29, 1.82) is 0 Å². The van der Waals surface area contributed by atoms with Gasteiger partial charge in [-0.2, -0.15) is 4.36 Å². The lowest BCUT2D eigenvalue weighted by molar-refractivity contribution is 0.0736. The van der Waals surface area contributed by atoms with E-state index in [0.29, 0.717) is 45.4 Å². The summed E-state index contributed by atoms with van der Waals surface area (Å²) in [5.41, 5.74) is 1.55. The Morgan fingerprint density at radius 1 is 1.18 bits per heavy atom. The van der Waals surface area contributed by atoms with E-state index in [2.05, 4.69) is 19.6 Å². The number of rotatable bonds is 6. The van der Waals surface area contributed by atoms with Gasteiger partial charge in [-0.05, 0) is 31.0 Å². The normalized spacial score (nSPS) is 21.5. The molecule has 11 heteroatoms. The molecule has 0 radical (unpaired) electrons. The highest BCUT2D eigenvalue weighted by Gasteiger charge is 2.29. The van der Waals surface area contributed by atoms with Crippen LogP contribution in [0.15, 0.2) is 41.0 Å². The number of nitrogens with one attached hydrogen (secondary N) is 1. The van der Waals surface area contributed by atoms with Crippen LogP contribution in [0.4, 0.5) is 21.6 Å². The second-order valence-corrected chi connectivity index (χ2v) is 10.8. The van der Waals surface area contributed by atoms with E-state index in [0.717, 1.165) is 12.8 Å². The van der Waals surface area contributed by atoms with Gasteiger partial charge in [-0.3, -0.25) is 0 Å². The van der Waals surface area contributed by atoms with Crippen LogP contribution >= 0.6 is 0 Å². The maximum atomic E-state index is 14.0. The molecule has 2 N–H and O–H groups in total. The Hall–Kier alpha value is -3.02. The number of anilines is 2. The minimum Gasteiger partial charge on any atom is -0.496 e. The fraction of sp³-hybridized carbons (Fsp3) is 0.391. The molecule has 1 aromatic heterocycles. The van der Waals surface area contributed by atoms with Gasteiger partial charge in [-0.25, -0.2) is 18.6 Å². The predicted molar refractivity (Wildman–Crippen MR) is 126 cm³/mol. The minimum absolute atomic E-state index is 0.163. The standard InChI is InChI=1S/C23H25FN4O5S/c1-31-20-10-15(28-34(30)6-2-3-7-34)9-17-22(20)23(26-13-25-17)27-16-5-4-14(24)8-19(16)33-21-12-32-11-18(21)29/h4-5,8-10,13,18,21,29H,2-3,6-7,11-12H2,1H3,(H,25,26,27).